The second-order valence-corrected chi connectivity index (χ2v) is 14.1. The van der Waals surface area contributed by atoms with Crippen LogP contribution in [0.15, 0.2) is 42.5 Å². The van der Waals surface area contributed by atoms with E-state index < -0.39 is 42.2 Å². The summed E-state index contributed by atoms with van der Waals surface area (Å²) in [6.07, 6.45) is -7.13. The van der Waals surface area contributed by atoms with Crippen molar-refractivity contribution in [3.05, 3.63) is 65.1 Å². The van der Waals surface area contributed by atoms with Gasteiger partial charge in [-0.05, 0) is 63.9 Å². The molecule has 2 heterocycles. The van der Waals surface area contributed by atoms with E-state index in [1.165, 1.54) is 11.3 Å². The van der Waals surface area contributed by atoms with Gasteiger partial charge in [0.15, 0.2) is 11.4 Å². The molecule has 0 fully saturated rings. The van der Waals surface area contributed by atoms with E-state index in [0.29, 0.717) is 22.5 Å². The number of carbonyl (C=O) groups is 3. The van der Waals surface area contributed by atoms with Gasteiger partial charge in [0.2, 0.25) is 5.82 Å². The molecule has 4 rings (SSSR count). The Morgan fingerprint density at radius 1 is 1.00 bits per heavy atom. The summed E-state index contributed by atoms with van der Waals surface area (Å²) >= 11 is 13.8. The summed E-state index contributed by atoms with van der Waals surface area (Å²) in [5.74, 6) is -3.97. The molecule has 3 aromatic rings. The zero-order valence-corrected chi connectivity index (χ0v) is 24.1. The Kier molecular flexibility index (Phi) is 15.0. The number of esters is 1. The molecule has 0 saturated heterocycles. The molecule has 9 nitrogen and oxygen atoms in total. The van der Waals surface area contributed by atoms with Crippen LogP contribution in [-0.2, 0) is 30.1 Å². The standard InChI is InChI=1S/C17H11F2N3O.C4H6F2O2.C2H2F2O2.Cl3OP/c18-16(19)17-21-20-15-7-6-11-8-14(23)12(9-13(11)22(15)17)10-4-2-1-3-5-10;1-2-8-4(7)3(5)6;3-1(4)2(5)6;1-5(2,3)4/h1-7,9,16H,8H2;3H,2H2,1H3;1H,(H,5,6);. The lowest BCUT2D eigenvalue weighted by Crippen LogP contribution is -2.15. The van der Waals surface area contributed by atoms with E-state index in [4.69, 9.17) is 9.90 Å². The summed E-state index contributed by atoms with van der Waals surface area (Å²) in [6, 6.07) is 12.5. The molecule has 1 aliphatic rings. The molecule has 0 amide bonds. The average molecular weight is 685 g/mol. The number of pyridine rings is 1. The number of hydrogen-bond donors (Lipinski definition) is 1. The number of allylic oxidation sites excluding steroid dienone is 1. The summed E-state index contributed by atoms with van der Waals surface area (Å²) in [5, 5.41) is 11.4. The molecule has 1 aliphatic carbocycles. The van der Waals surface area contributed by atoms with Crippen LogP contribution in [0.1, 0.15) is 36.0 Å². The summed E-state index contributed by atoms with van der Waals surface area (Å²) in [5.41, 5.74) is 2.87. The van der Waals surface area contributed by atoms with Crippen LogP contribution in [0.3, 0.4) is 0 Å². The van der Waals surface area contributed by atoms with E-state index in [9.17, 15) is 40.5 Å². The van der Waals surface area contributed by atoms with Crippen molar-refractivity contribution in [1.82, 2.24) is 14.6 Å². The molecule has 0 atom stereocenters. The third kappa shape index (κ3) is 12.4. The number of benzene rings is 1. The second kappa shape index (κ2) is 17.1. The molecule has 230 valence electrons. The topological polar surface area (TPSA) is 128 Å². The lowest BCUT2D eigenvalue weighted by atomic mass is 9.90. The number of aromatic nitrogens is 3. The molecule has 0 aliphatic heterocycles. The van der Waals surface area contributed by atoms with Gasteiger partial charge in [-0.15, -0.1) is 10.2 Å². The Hall–Kier alpha value is -3.13. The van der Waals surface area contributed by atoms with E-state index in [2.05, 4.69) is 48.7 Å². The van der Waals surface area contributed by atoms with E-state index in [1.54, 1.807) is 18.2 Å². The van der Waals surface area contributed by atoms with Gasteiger partial charge >= 0.3 is 30.0 Å². The highest BCUT2D eigenvalue weighted by Crippen LogP contribution is 2.61. The Morgan fingerprint density at radius 2 is 1.55 bits per heavy atom. The molecule has 0 saturated carbocycles. The van der Waals surface area contributed by atoms with Crippen LogP contribution < -0.4 is 0 Å². The number of nitrogens with zero attached hydrogens (tertiary/aromatic N) is 3. The molecule has 19 heteroatoms. The van der Waals surface area contributed by atoms with Crippen LogP contribution >= 0.6 is 38.9 Å². The maximum atomic E-state index is 13.2. The summed E-state index contributed by atoms with van der Waals surface area (Å²) in [7, 11) is 0. The number of aliphatic carboxylic acids is 1. The van der Waals surface area contributed by atoms with Gasteiger partial charge in [0.1, 0.15) is 0 Å². The predicted molar refractivity (Wildman–Crippen MR) is 142 cm³/mol. The first-order valence-electron chi connectivity index (χ1n) is 11.1. The van der Waals surface area contributed by atoms with Crippen molar-refractivity contribution in [2.45, 2.75) is 32.6 Å². The Balaban J connectivity index is 0.000000382. The fourth-order valence-electron chi connectivity index (χ4n) is 3.07. The van der Waals surface area contributed by atoms with Crippen molar-refractivity contribution >= 4 is 73.9 Å². The maximum absolute atomic E-state index is 13.2. The number of halogens is 9. The number of hydrogen-bond acceptors (Lipinski definition) is 7. The number of Topliss-reactive ketones (excluding diaryl/α,β-unsaturated/α-hetero) is 1. The fraction of sp³-hybridized carbons (Fsp3) is 0.261. The van der Waals surface area contributed by atoms with Crippen molar-refractivity contribution in [3.63, 3.8) is 0 Å². The Bertz CT molecular complexity index is 1450. The molecule has 1 N–H and O–H groups in total. The first-order chi connectivity index (χ1) is 19.5. The first kappa shape index (κ1) is 36.9. The average Bonchev–Trinajstić information content (AvgIpc) is 3.34. The van der Waals surface area contributed by atoms with Crippen molar-refractivity contribution < 1.29 is 55.1 Å². The summed E-state index contributed by atoms with van der Waals surface area (Å²) < 4.78 is 84.5. The lowest BCUT2D eigenvalue weighted by molar-refractivity contribution is -0.155. The van der Waals surface area contributed by atoms with Gasteiger partial charge in [-0.25, -0.2) is 18.4 Å². The van der Waals surface area contributed by atoms with Gasteiger partial charge in [-0.2, -0.15) is 17.6 Å². The maximum Gasteiger partial charge on any atom is 0.373 e. The van der Waals surface area contributed by atoms with Gasteiger partial charge in [0.25, 0.3) is 6.43 Å². The summed E-state index contributed by atoms with van der Waals surface area (Å²) in [6.45, 7) is 1.48. The molecular formula is C23H19Cl3F6N3O6P. The van der Waals surface area contributed by atoms with Crippen LogP contribution in [0.5, 0.6) is 0 Å². The van der Waals surface area contributed by atoms with E-state index in [1.807, 2.05) is 30.3 Å². The Labute approximate surface area is 247 Å². The SMILES string of the molecule is CCOC(=O)C(F)F.O=C(O)C(F)F.O=C1Cc2ccc3nnc(C(F)F)n3c2C=C1c1ccccc1.O=P(Cl)(Cl)Cl. The van der Waals surface area contributed by atoms with E-state index >= 15 is 0 Å². The Morgan fingerprint density at radius 3 is 1.98 bits per heavy atom. The highest BCUT2D eigenvalue weighted by Gasteiger charge is 2.25. The predicted octanol–water partition coefficient (Wildman–Crippen LogP) is 7.29. The zero-order chi connectivity index (χ0) is 32.2. The van der Waals surface area contributed by atoms with Crippen LogP contribution in [-0.4, -0.2) is 56.9 Å². The van der Waals surface area contributed by atoms with Crippen molar-refractivity contribution in [1.29, 1.82) is 0 Å². The van der Waals surface area contributed by atoms with Gasteiger partial charge in [0.05, 0.1) is 12.3 Å². The van der Waals surface area contributed by atoms with Crippen molar-refractivity contribution in [3.8, 4) is 0 Å². The minimum Gasteiger partial charge on any atom is -0.477 e. The number of fused-ring (bicyclic) bond motifs is 3. The minimum atomic E-state index is -3.23. The quantitative estimate of drug-likeness (QED) is 0.169. The third-order valence-corrected chi connectivity index (χ3v) is 4.58. The van der Waals surface area contributed by atoms with Crippen LogP contribution in [0.25, 0.3) is 17.3 Å². The number of rotatable bonds is 5. The number of carbonyl (C=O) groups excluding carboxylic acids is 2. The number of carboxylic acid groups (broad SMARTS) is 1. The highest BCUT2D eigenvalue weighted by atomic mass is 36.0. The van der Waals surface area contributed by atoms with Gasteiger partial charge in [-0.3, -0.25) is 13.8 Å². The third-order valence-electron chi connectivity index (χ3n) is 4.58. The fourth-order valence-corrected chi connectivity index (χ4v) is 3.07. The van der Waals surface area contributed by atoms with Crippen LogP contribution in [0.4, 0.5) is 26.3 Å². The smallest absolute Gasteiger partial charge is 0.373 e. The molecule has 42 heavy (non-hydrogen) atoms. The largest absolute Gasteiger partial charge is 0.477 e. The molecule has 0 spiro atoms. The highest BCUT2D eigenvalue weighted by molar-refractivity contribution is 8.24. The van der Waals surface area contributed by atoms with Gasteiger partial charge < -0.3 is 9.84 Å². The molecule has 2 aromatic heterocycles. The molecule has 0 unspecified atom stereocenters. The minimum absolute atomic E-state index is 0.00315. The first-order valence-corrected chi connectivity index (χ1v) is 15.5. The second-order valence-electron chi connectivity index (χ2n) is 7.41. The lowest BCUT2D eigenvalue weighted by Gasteiger charge is -2.17. The molecular weight excluding hydrogens is 666 g/mol. The van der Waals surface area contributed by atoms with Crippen molar-refractivity contribution in [2.24, 2.45) is 0 Å². The van der Waals surface area contributed by atoms with E-state index in [-0.39, 0.29) is 18.8 Å². The number of alkyl halides is 6. The number of ether oxygens (including phenoxy) is 1. The van der Waals surface area contributed by atoms with E-state index in [0.717, 1.165) is 5.56 Å². The monoisotopic (exact) mass is 683 g/mol. The number of ketones is 1. The van der Waals surface area contributed by atoms with Gasteiger partial charge in [-0.1, -0.05) is 36.4 Å². The molecule has 0 bridgehead atoms. The van der Waals surface area contributed by atoms with Gasteiger partial charge in [0, 0.05) is 12.0 Å². The summed E-state index contributed by atoms with van der Waals surface area (Å²) in [4.78, 5) is 31.1. The van der Waals surface area contributed by atoms with Crippen molar-refractivity contribution in [2.75, 3.05) is 6.61 Å². The zero-order valence-electron chi connectivity index (χ0n) is 20.9. The molecule has 1 aromatic carbocycles. The normalized spacial score (nSPS) is 12.3. The van der Waals surface area contributed by atoms with Crippen LogP contribution in [0.2, 0.25) is 0 Å². The molecule has 0 radical (unpaired) electrons. The number of carboxylic acids is 1. The van der Waals surface area contributed by atoms with Crippen LogP contribution in [0, 0.1) is 0 Å².